The molecule has 0 spiro atoms. The summed E-state index contributed by atoms with van der Waals surface area (Å²) in [5.74, 6) is -2.16. The van der Waals surface area contributed by atoms with Crippen LogP contribution in [0.2, 0.25) is 0 Å². The summed E-state index contributed by atoms with van der Waals surface area (Å²) in [4.78, 5) is 10.7. The van der Waals surface area contributed by atoms with Crippen molar-refractivity contribution in [2.24, 2.45) is 0 Å². The van der Waals surface area contributed by atoms with Crippen LogP contribution in [0.4, 0.5) is 0 Å². The number of carbonyl (C=O) groups is 1. The summed E-state index contributed by atoms with van der Waals surface area (Å²) in [6.45, 7) is 1.02. The molecule has 1 aromatic carbocycles. The number of morpholine rings is 1. The molecular formula is C11H12KNO6S-. The molecule has 0 saturated carbocycles. The Morgan fingerprint density at radius 2 is 1.90 bits per heavy atom. The summed E-state index contributed by atoms with van der Waals surface area (Å²) in [7, 11) is -3.78. The first-order valence-corrected chi connectivity index (χ1v) is 6.99. The monoisotopic (exact) mass is 325 g/mol. The van der Waals surface area contributed by atoms with E-state index in [1.54, 1.807) is 0 Å². The number of aromatic carboxylic acids is 1. The van der Waals surface area contributed by atoms with E-state index in [1.807, 2.05) is 0 Å². The quantitative estimate of drug-likeness (QED) is 0.722. The fourth-order valence-corrected chi connectivity index (χ4v) is 3.21. The summed E-state index contributed by atoms with van der Waals surface area (Å²) in [6, 6.07) is 2.98. The van der Waals surface area contributed by atoms with Crippen LogP contribution in [0.1, 0.15) is 10.4 Å². The number of hydrogen-bond acceptors (Lipinski definition) is 5. The molecule has 1 radical (unpaired) electrons. The molecule has 1 N–H and O–H groups in total. The van der Waals surface area contributed by atoms with Gasteiger partial charge in [-0.2, -0.15) is 4.31 Å². The standard InChI is InChI=1S/C11H13NO6S.K/c13-10-2-1-8(7-9(10)11(14)15)19(16,17)12-3-5-18-6-4-12;/h1-2,7,13H,3-6H2,(H,14,15);/p-1. The average Bonchev–Trinajstić information content (AvgIpc) is 2.39. The van der Waals surface area contributed by atoms with Crippen LogP contribution in [0.3, 0.4) is 0 Å². The number of benzene rings is 1. The van der Waals surface area contributed by atoms with Gasteiger partial charge in [0.05, 0.1) is 23.7 Å². The largest absolute Gasteiger partial charge is 0.872 e. The smallest absolute Gasteiger partial charge is 0.335 e. The summed E-state index contributed by atoms with van der Waals surface area (Å²) in [5, 5.41) is 20.1. The Hall–Kier alpha value is -0.00364. The maximum atomic E-state index is 12.2. The number of ether oxygens (including phenoxy) is 1. The third-order valence-electron chi connectivity index (χ3n) is 2.79. The van der Waals surface area contributed by atoms with Gasteiger partial charge in [0.15, 0.2) is 0 Å². The molecule has 0 amide bonds. The Bertz CT molecular complexity index is 597. The molecule has 0 atom stereocenters. The van der Waals surface area contributed by atoms with Crippen molar-refractivity contribution in [2.75, 3.05) is 26.3 Å². The van der Waals surface area contributed by atoms with Gasteiger partial charge in [0, 0.05) is 64.5 Å². The maximum absolute atomic E-state index is 12.2. The SMILES string of the molecule is O=C(O)c1cc(S(=O)(=O)N2CCOCC2)ccc1[O-].[K]. The van der Waals surface area contributed by atoms with Crippen LogP contribution in [0.25, 0.3) is 0 Å². The van der Waals surface area contributed by atoms with Gasteiger partial charge < -0.3 is 14.9 Å². The van der Waals surface area contributed by atoms with Gasteiger partial charge in [-0.25, -0.2) is 13.2 Å². The van der Waals surface area contributed by atoms with Crippen molar-refractivity contribution < 1.29 is 28.2 Å². The second-order valence-corrected chi connectivity index (χ2v) is 5.92. The Kier molecular flexibility index (Phi) is 6.60. The van der Waals surface area contributed by atoms with Crippen LogP contribution in [0.5, 0.6) is 5.75 Å². The predicted molar refractivity (Wildman–Crippen MR) is 68.2 cm³/mol. The van der Waals surface area contributed by atoms with Crippen molar-refractivity contribution in [1.82, 2.24) is 4.31 Å². The number of hydrogen-bond donors (Lipinski definition) is 1. The van der Waals surface area contributed by atoms with Crippen LogP contribution in [0, 0.1) is 0 Å². The van der Waals surface area contributed by atoms with Crippen molar-refractivity contribution in [3.05, 3.63) is 23.8 Å². The number of nitrogens with zero attached hydrogens (tertiary/aromatic N) is 1. The molecule has 1 aromatic rings. The van der Waals surface area contributed by atoms with Crippen LogP contribution in [-0.2, 0) is 14.8 Å². The molecule has 1 saturated heterocycles. The van der Waals surface area contributed by atoms with Crippen LogP contribution >= 0.6 is 0 Å². The first kappa shape index (κ1) is 18.0. The van der Waals surface area contributed by atoms with Gasteiger partial charge >= 0.3 is 5.97 Å². The molecule has 1 heterocycles. The van der Waals surface area contributed by atoms with Gasteiger partial charge in [-0.15, -0.1) is 0 Å². The van der Waals surface area contributed by atoms with Crippen LogP contribution in [-0.4, -0.2) is 101 Å². The molecule has 0 bridgehead atoms. The van der Waals surface area contributed by atoms with E-state index in [2.05, 4.69) is 0 Å². The maximum Gasteiger partial charge on any atom is 0.335 e. The van der Waals surface area contributed by atoms with E-state index >= 15 is 0 Å². The number of carboxylic acid groups (broad SMARTS) is 1. The molecule has 0 unspecified atom stereocenters. The van der Waals surface area contributed by atoms with Gasteiger partial charge in [0.1, 0.15) is 0 Å². The topological polar surface area (TPSA) is 107 Å². The van der Waals surface area contributed by atoms with E-state index in [0.29, 0.717) is 13.2 Å². The fraction of sp³-hybridized carbons (Fsp3) is 0.364. The molecule has 0 aliphatic carbocycles. The average molecular weight is 325 g/mol. The second kappa shape index (κ2) is 7.32. The van der Waals surface area contributed by atoms with Crippen LogP contribution < -0.4 is 5.11 Å². The normalized spacial score (nSPS) is 16.4. The molecule has 1 aliphatic heterocycles. The van der Waals surface area contributed by atoms with E-state index in [4.69, 9.17) is 9.84 Å². The summed E-state index contributed by atoms with van der Waals surface area (Å²) in [5.41, 5.74) is -0.547. The third-order valence-corrected chi connectivity index (χ3v) is 4.68. The molecular weight excluding hydrogens is 313 g/mol. The molecule has 20 heavy (non-hydrogen) atoms. The van der Waals surface area contributed by atoms with Crippen molar-refractivity contribution in [2.45, 2.75) is 4.90 Å². The molecule has 1 aliphatic rings. The van der Waals surface area contributed by atoms with Crippen molar-refractivity contribution in [1.29, 1.82) is 0 Å². The molecule has 9 heteroatoms. The Labute approximate surface area is 159 Å². The summed E-state index contributed by atoms with van der Waals surface area (Å²) < 4.78 is 30.8. The zero-order valence-corrected chi connectivity index (χ0v) is 14.8. The zero-order valence-electron chi connectivity index (χ0n) is 10.9. The predicted octanol–water partition coefficient (Wildman–Crippen LogP) is -0.901. The van der Waals surface area contributed by atoms with E-state index in [-0.39, 0.29) is 69.4 Å². The minimum Gasteiger partial charge on any atom is -0.872 e. The van der Waals surface area contributed by atoms with Gasteiger partial charge in [0.25, 0.3) is 0 Å². The number of carboxylic acids is 1. The summed E-state index contributed by atoms with van der Waals surface area (Å²) in [6.07, 6.45) is 0. The first-order chi connectivity index (χ1) is 8.93. The Morgan fingerprint density at radius 3 is 2.45 bits per heavy atom. The molecule has 105 valence electrons. The minimum absolute atomic E-state index is 0. The third kappa shape index (κ3) is 3.80. The number of rotatable bonds is 3. The van der Waals surface area contributed by atoms with E-state index in [9.17, 15) is 18.3 Å². The minimum atomic E-state index is -3.78. The van der Waals surface area contributed by atoms with Gasteiger partial charge in [-0.3, -0.25) is 0 Å². The zero-order chi connectivity index (χ0) is 14.0. The van der Waals surface area contributed by atoms with E-state index < -0.39 is 27.3 Å². The first-order valence-electron chi connectivity index (χ1n) is 5.55. The molecule has 2 rings (SSSR count). The van der Waals surface area contributed by atoms with Gasteiger partial charge in [0.2, 0.25) is 10.0 Å². The van der Waals surface area contributed by atoms with E-state index in [0.717, 1.165) is 18.2 Å². The molecule has 1 fully saturated rings. The van der Waals surface area contributed by atoms with E-state index in [1.165, 1.54) is 4.31 Å². The molecule has 7 nitrogen and oxygen atoms in total. The van der Waals surface area contributed by atoms with Gasteiger partial charge in [-0.1, -0.05) is 11.8 Å². The summed E-state index contributed by atoms with van der Waals surface area (Å²) >= 11 is 0. The van der Waals surface area contributed by atoms with Crippen molar-refractivity contribution in [3.63, 3.8) is 0 Å². The second-order valence-electron chi connectivity index (χ2n) is 3.98. The van der Waals surface area contributed by atoms with Gasteiger partial charge in [-0.05, 0) is 12.1 Å². The number of sulfonamides is 1. The Balaban J connectivity index is 0.00000200. The van der Waals surface area contributed by atoms with Crippen molar-refractivity contribution in [3.8, 4) is 5.75 Å². The fourth-order valence-electron chi connectivity index (χ4n) is 1.77. The van der Waals surface area contributed by atoms with Crippen LogP contribution in [0.15, 0.2) is 23.1 Å². The molecule has 0 aromatic heterocycles. The van der Waals surface area contributed by atoms with Crippen molar-refractivity contribution >= 4 is 67.4 Å². The Morgan fingerprint density at radius 1 is 1.30 bits per heavy atom.